The fourth-order valence-corrected chi connectivity index (χ4v) is 5.45. The number of amides is 1. The first kappa shape index (κ1) is 20.3. The fourth-order valence-electron chi connectivity index (χ4n) is 4.57. The van der Waals surface area contributed by atoms with Crippen LogP contribution in [0.3, 0.4) is 0 Å². The first-order chi connectivity index (χ1) is 13.0. The van der Waals surface area contributed by atoms with E-state index in [0.29, 0.717) is 30.2 Å². The first-order valence-electron chi connectivity index (χ1n) is 10.3. The molecule has 1 saturated carbocycles. The molecular formula is C21H31NO4S. The van der Waals surface area contributed by atoms with Gasteiger partial charge in [-0.15, -0.1) is 11.3 Å². The second kappa shape index (κ2) is 9.69. The Morgan fingerprint density at radius 2 is 2.00 bits per heavy atom. The lowest BCUT2D eigenvalue weighted by molar-refractivity contribution is -0.129. The summed E-state index contributed by atoms with van der Waals surface area (Å²) in [5.74, 6) is -0.229. The summed E-state index contributed by atoms with van der Waals surface area (Å²) < 4.78 is 0. The molecule has 1 aromatic heterocycles. The maximum atomic E-state index is 12.3. The van der Waals surface area contributed by atoms with E-state index < -0.39 is 5.97 Å². The van der Waals surface area contributed by atoms with Crippen LogP contribution in [0.5, 0.6) is 0 Å². The summed E-state index contributed by atoms with van der Waals surface area (Å²) >= 11 is 1.34. The molecular weight excluding hydrogens is 362 g/mol. The average Bonchev–Trinajstić information content (AvgIpc) is 3.28. The zero-order valence-corrected chi connectivity index (χ0v) is 16.8. The molecule has 0 spiro atoms. The molecule has 2 atom stereocenters. The third kappa shape index (κ3) is 5.55. The van der Waals surface area contributed by atoms with Gasteiger partial charge in [-0.25, -0.2) is 4.79 Å². The van der Waals surface area contributed by atoms with Crippen LogP contribution in [0.15, 0.2) is 12.1 Å². The number of hydrogen-bond donors (Lipinski definition) is 2. The van der Waals surface area contributed by atoms with Crippen LogP contribution in [0.2, 0.25) is 0 Å². The molecule has 2 unspecified atom stereocenters. The van der Waals surface area contributed by atoms with Crippen molar-refractivity contribution in [1.29, 1.82) is 0 Å². The Morgan fingerprint density at radius 3 is 2.70 bits per heavy atom. The van der Waals surface area contributed by atoms with Gasteiger partial charge in [0, 0.05) is 23.9 Å². The third-order valence-corrected chi connectivity index (χ3v) is 7.28. The minimum absolute atomic E-state index is 0.222. The summed E-state index contributed by atoms with van der Waals surface area (Å²) in [6, 6.07) is 3.84. The van der Waals surface area contributed by atoms with Gasteiger partial charge in [0.25, 0.3) is 0 Å². The van der Waals surface area contributed by atoms with Crippen molar-refractivity contribution in [2.24, 2.45) is 5.92 Å². The zero-order valence-electron chi connectivity index (χ0n) is 15.9. The van der Waals surface area contributed by atoms with Crippen LogP contribution in [0, 0.1) is 5.92 Å². The molecule has 2 heterocycles. The molecule has 3 rings (SSSR count). The van der Waals surface area contributed by atoms with Crippen molar-refractivity contribution in [2.75, 3.05) is 6.54 Å². The van der Waals surface area contributed by atoms with Crippen LogP contribution in [-0.4, -0.2) is 45.7 Å². The van der Waals surface area contributed by atoms with Crippen molar-refractivity contribution in [3.63, 3.8) is 0 Å². The van der Waals surface area contributed by atoms with E-state index in [2.05, 4.69) is 0 Å². The van der Waals surface area contributed by atoms with Gasteiger partial charge in [0.05, 0.1) is 6.10 Å². The smallest absolute Gasteiger partial charge is 0.345 e. The van der Waals surface area contributed by atoms with Crippen LogP contribution >= 0.6 is 11.3 Å². The normalized spacial score (nSPS) is 22.3. The van der Waals surface area contributed by atoms with Crippen LogP contribution in [0.25, 0.3) is 0 Å². The van der Waals surface area contributed by atoms with E-state index >= 15 is 0 Å². The number of thiophene rings is 1. The Morgan fingerprint density at radius 1 is 1.22 bits per heavy atom. The van der Waals surface area contributed by atoms with Crippen molar-refractivity contribution >= 4 is 23.2 Å². The molecule has 2 fully saturated rings. The van der Waals surface area contributed by atoms with Gasteiger partial charge in [-0.2, -0.15) is 0 Å². The highest BCUT2D eigenvalue weighted by molar-refractivity contribution is 7.13. The number of aliphatic hydroxyl groups is 1. The summed E-state index contributed by atoms with van der Waals surface area (Å²) in [5.41, 5.74) is 0. The van der Waals surface area contributed by atoms with Gasteiger partial charge in [0.15, 0.2) is 0 Å². The largest absolute Gasteiger partial charge is 0.477 e. The molecule has 0 bridgehead atoms. The molecule has 2 aliphatic rings. The Hall–Kier alpha value is -1.40. The summed E-state index contributed by atoms with van der Waals surface area (Å²) in [6.07, 6.45) is 10.7. The topological polar surface area (TPSA) is 77.8 Å². The van der Waals surface area contributed by atoms with Crippen LogP contribution < -0.4 is 0 Å². The van der Waals surface area contributed by atoms with Crippen molar-refractivity contribution in [3.05, 3.63) is 21.9 Å². The summed E-state index contributed by atoms with van der Waals surface area (Å²) in [4.78, 5) is 26.7. The molecule has 1 aromatic rings. The molecule has 1 saturated heterocycles. The van der Waals surface area contributed by atoms with E-state index in [1.54, 1.807) is 6.07 Å². The van der Waals surface area contributed by atoms with Gasteiger partial charge in [-0.3, -0.25) is 4.79 Å². The number of carboxylic acid groups (broad SMARTS) is 1. The highest BCUT2D eigenvalue weighted by Gasteiger charge is 2.31. The standard InChI is InChI=1S/C21H31NO4S/c23-18(15-5-2-1-3-6-15)13-14-22-16(9-12-20(22)24)7-4-8-17-10-11-19(27-17)21(25)26/h10-11,15-16,18,23H,1-9,12-14H2,(H,25,26). The molecule has 27 heavy (non-hydrogen) atoms. The number of hydrogen-bond acceptors (Lipinski definition) is 4. The van der Waals surface area contributed by atoms with Crippen LogP contribution in [0.4, 0.5) is 0 Å². The number of carbonyl (C=O) groups is 2. The van der Waals surface area contributed by atoms with Crippen molar-refractivity contribution in [2.45, 2.75) is 82.8 Å². The van der Waals surface area contributed by atoms with Crippen molar-refractivity contribution in [1.82, 2.24) is 4.90 Å². The Balaban J connectivity index is 1.43. The van der Waals surface area contributed by atoms with E-state index in [4.69, 9.17) is 5.11 Å². The predicted octanol–water partition coefficient (Wildman–Crippen LogP) is 4.09. The Kier molecular flexibility index (Phi) is 7.30. The average molecular weight is 394 g/mol. The number of carbonyl (C=O) groups excluding carboxylic acids is 1. The number of aryl methyl sites for hydroxylation is 1. The predicted molar refractivity (Wildman–Crippen MR) is 106 cm³/mol. The second-order valence-corrected chi connectivity index (χ2v) is 9.17. The molecule has 0 aromatic carbocycles. The van der Waals surface area contributed by atoms with E-state index in [-0.39, 0.29) is 18.1 Å². The van der Waals surface area contributed by atoms with Crippen molar-refractivity contribution < 1.29 is 19.8 Å². The minimum atomic E-state index is -0.865. The highest BCUT2D eigenvalue weighted by atomic mass is 32.1. The van der Waals surface area contributed by atoms with Gasteiger partial charge < -0.3 is 15.1 Å². The number of rotatable bonds is 9. The monoisotopic (exact) mass is 393 g/mol. The molecule has 2 N–H and O–H groups in total. The number of aromatic carboxylic acids is 1. The quantitative estimate of drug-likeness (QED) is 0.662. The van der Waals surface area contributed by atoms with Gasteiger partial charge in [-0.1, -0.05) is 19.3 Å². The van der Waals surface area contributed by atoms with Gasteiger partial charge in [-0.05, 0) is 63.0 Å². The molecule has 0 radical (unpaired) electrons. The summed E-state index contributed by atoms with van der Waals surface area (Å²) in [7, 11) is 0. The molecule has 1 aliphatic carbocycles. The second-order valence-electron chi connectivity index (χ2n) is 8.00. The van der Waals surface area contributed by atoms with E-state index in [1.807, 2.05) is 11.0 Å². The zero-order chi connectivity index (χ0) is 19.2. The van der Waals surface area contributed by atoms with Gasteiger partial charge in [0.1, 0.15) is 4.88 Å². The molecule has 150 valence electrons. The highest BCUT2D eigenvalue weighted by Crippen LogP contribution is 2.29. The first-order valence-corrected chi connectivity index (χ1v) is 11.2. The number of carboxylic acids is 1. The SMILES string of the molecule is O=C(O)c1ccc(CCCC2CCC(=O)N2CCC(O)C2CCCCC2)s1. The fraction of sp³-hybridized carbons (Fsp3) is 0.714. The number of nitrogens with zero attached hydrogens (tertiary/aromatic N) is 1. The lowest BCUT2D eigenvalue weighted by Gasteiger charge is -2.30. The van der Waals surface area contributed by atoms with E-state index in [9.17, 15) is 14.7 Å². The maximum absolute atomic E-state index is 12.3. The lowest BCUT2D eigenvalue weighted by Crippen LogP contribution is -2.36. The van der Waals surface area contributed by atoms with Crippen LogP contribution in [0.1, 0.15) is 78.8 Å². The number of aliphatic hydroxyl groups excluding tert-OH is 1. The lowest BCUT2D eigenvalue weighted by atomic mass is 9.84. The Bertz CT molecular complexity index is 638. The van der Waals surface area contributed by atoms with Gasteiger partial charge in [0.2, 0.25) is 5.91 Å². The third-order valence-electron chi connectivity index (χ3n) is 6.15. The van der Waals surface area contributed by atoms with Gasteiger partial charge >= 0.3 is 5.97 Å². The van der Waals surface area contributed by atoms with Crippen molar-refractivity contribution in [3.8, 4) is 0 Å². The van der Waals surface area contributed by atoms with E-state index in [0.717, 1.165) is 43.4 Å². The summed E-state index contributed by atoms with van der Waals surface area (Å²) in [5, 5.41) is 19.5. The van der Waals surface area contributed by atoms with Crippen LogP contribution in [-0.2, 0) is 11.2 Å². The molecule has 5 nitrogen and oxygen atoms in total. The molecule has 1 amide bonds. The Labute approximate surface area is 165 Å². The summed E-state index contributed by atoms with van der Waals surface area (Å²) in [6.45, 7) is 0.670. The molecule has 1 aliphatic heterocycles. The minimum Gasteiger partial charge on any atom is -0.477 e. The van der Waals surface area contributed by atoms with E-state index in [1.165, 1.54) is 30.6 Å². The maximum Gasteiger partial charge on any atom is 0.345 e. The number of likely N-dealkylation sites (tertiary alicyclic amines) is 1. The molecule has 6 heteroatoms.